The van der Waals surface area contributed by atoms with Crippen molar-refractivity contribution in [3.8, 4) is 0 Å². The van der Waals surface area contributed by atoms with Gasteiger partial charge in [-0.25, -0.2) is 4.79 Å². The molecule has 0 aliphatic rings. The van der Waals surface area contributed by atoms with Crippen molar-refractivity contribution in [1.82, 2.24) is 10.2 Å². The lowest BCUT2D eigenvalue weighted by Gasteiger charge is -2.17. The molecule has 2 aromatic carbocycles. The summed E-state index contributed by atoms with van der Waals surface area (Å²) in [7, 11) is 1.75. The van der Waals surface area contributed by atoms with Crippen LogP contribution in [0.4, 0.5) is 10.5 Å². The second kappa shape index (κ2) is 9.08. The highest BCUT2D eigenvalue weighted by Gasteiger charge is 2.10. The van der Waals surface area contributed by atoms with E-state index in [1.54, 1.807) is 24.1 Å². The summed E-state index contributed by atoms with van der Waals surface area (Å²) in [4.78, 5) is 25.6. The number of benzene rings is 2. The van der Waals surface area contributed by atoms with Crippen LogP contribution in [0.5, 0.6) is 0 Å². The van der Waals surface area contributed by atoms with E-state index in [-0.39, 0.29) is 24.9 Å². The molecule has 0 heterocycles. The zero-order valence-corrected chi connectivity index (χ0v) is 15.1. The fraction of sp³-hybridized carbons (Fsp3) is 0.263. The maximum Gasteiger partial charge on any atom is 0.319 e. The molecule has 0 radical (unpaired) electrons. The number of nitrogens with zero attached hydrogens (tertiary/aromatic N) is 1. The lowest BCUT2D eigenvalue weighted by atomic mass is 10.2. The summed E-state index contributed by atoms with van der Waals surface area (Å²) in [6.45, 7) is 2.71. The lowest BCUT2D eigenvalue weighted by Crippen LogP contribution is -2.34. The molecule has 0 aromatic heterocycles. The Hall–Kier alpha value is -2.53. The van der Waals surface area contributed by atoms with Crippen molar-refractivity contribution in [3.05, 3.63) is 64.7 Å². The Morgan fingerprint density at radius 1 is 1.12 bits per heavy atom. The summed E-state index contributed by atoms with van der Waals surface area (Å²) in [6.07, 6.45) is 0.241. The largest absolute Gasteiger partial charge is 0.341 e. The zero-order valence-electron chi connectivity index (χ0n) is 14.4. The van der Waals surface area contributed by atoms with E-state index in [1.165, 1.54) is 0 Å². The van der Waals surface area contributed by atoms with Gasteiger partial charge in [-0.1, -0.05) is 48.0 Å². The van der Waals surface area contributed by atoms with Crippen molar-refractivity contribution in [2.24, 2.45) is 0 Å². The first-order valence-corrected chi connectivity index (χ1v) is 8.42. The third-order valence-electron chi connectivity index (χ3n) is 3.74. The SMILES string of the molecule is Cc1ccc(NC(=O)NCCC(=O)N(C)Cc2ccccc2)cc1Cl. The Labute approximate surface area is 153 Å². The third-order valence-corrected chi connectivity index (χ3v) is 4.15. The Morgan fingerprint density at radius 2 is 1.84 bits per heavy atom. The normalized spacial score (nSPS) is 10.2. The molecule has 0 saturated heterocycles. The molecule has 2 rings (SSSR count). The summed E-state index contributed by atoms with van der Waals surface area (Å²) in [5.74, 6) is -0.0254. The summed E-state index contributed by atoms with van der Waals surface area (Å²) in [6, 6.07) is 14.7. The molecule has 0 aliphatic heterocycles. The van der Waals surface area contributed by atoms with Crippen LogP contribution in [0.1, 0.15) is 17.5 Å². The average molecular weight is 360 g/mol. The maximum absolute atomic E-state index is 12.1. The number of hydrogen-bond donors (Lipinski definition) is 2. The number of anilines is 1. The molecule has 2 N–H and O–H groups in total. The first-order chi connectivity index (χ1) is 12.0. The molecule has 0 saturated carbocycles. The molecule has 6 heteroatoms. The molecule has 0 aliphatic carbocycles. The number of carbonyl (C=O) groups excluding carboxylic acids is 2. The topological polar surface area (TPSA) is 61.4 Å². The quantitative estimate of drug-likeness (QED) is 0.823. The Bertz CT molecular complexity index is 735. The van der Waals surface area contributed by atoms with E-state index in [0.29, 0.717) is 17.3 Å². The number of halogens is 1. The number of hydrogen-bond acceptors (Lipinski definition) is 2. The number of aryl methyl sites for hydroxylation is 1. The van der Waals surface area contributed by atoms with Crippen molar-refractivity contribution >= 4 is 29.2 Å². The minimum Gasteiger partial charge on any atom is -0.341 e. The summed E-state index contributed by atoms with van der Waals surface area (Å²) in [5, 5.41) is 5.96. The predicted molar refractivity (Wildman–Crippen MR) is 101 cm³/mol. The van der Waals surface area contributed by atoms with E-state index >= 15 is 0 Å². The molecule has 5 nitrogen and oxygen atoms in total. The highest BCUT2D eigenvalue weighted by atomic mass is 35.5. The van der Waals surface area contributed by atoms with E-state index in [0.717, 1.165) is 11.1 Å². The van der Waals surface area contributed by atoms with E-state index < -0.39 is 0 Å². The summed E-state index contributed by atoms with van der Waals surface area (Å²) < 4.78 is 0. The van der Waals surface area contributed by atoms with Crippen LogP contribution in [0, 0.1) is 6.92 Å². The molecular weight excluding hydrogens is 338 g/mol. The van der Waals surface area contributed by atoms with Crippen LogP contribution in [0.25, 0.3) is 0 Å². The third kappa shape index (κ3) is 6.12. The smallest absolute Gasteiger partial charge is 0.319 e. The molecule has 0 spiro atoms. The van der Waals surface area contributed by atoms with Crippen molar-refractivity contribution in [2.75, 3.05) is 18.9 Å². The Morgan fingerprint density at radius 3 is 2.52 bits per heavy atom. The monoisotopic (exact) mass is 359 g/mol. The van der Waals surface area contributed by atoms with Crippen molar-refractivity contribution in [2.45, 2.75) is 19.9 Å². The fourth-order valence-corrected chi connectivity index (χ4v) is 2.45. The van der Waals surface area contributed by atoms with E-state index in [2.05, 4.69) is 10.6 Å². The average Bonchev–Trinajstić information content (AvgIpc) is 2.59. The number of rotatable bonds is 6. The number of amides is 3. The molecule has 3 amide bonds. The second-order valence-electron chi connectivity index (χ2n) is 5.83. The molecule has 0 unspecified atom stereocenters. The minimum atomic E-state index is -0.363. The van der Waals surface area contributed by atoms with E-state index in [9.17, 15) is 9.59 Å². The van der Waals surface area contributed by atoms with Gasteiger partial charge < -0.3 is 15.5 Å². The van der Waals surface area contributed by atoms with Crippen molar-refractivity contribution in [1.29, 1.82) is 0 Å². The van der Waals surface area contributed by atoms with Gasteiger partial charge in [-0.05, 0) is 30.2 Å². The van der Waals surface area contributed by atoms with Gasteiger partial charge in [0, 0.05) is 37.3 Å². The van der Waals surface area contributed by atoms with Gasteiger partial charge in [0.05, 0.1) is 0 Å². The van der Waals surface area contributed by atoms with Gasteiger partial charge in [-0.15, -0.1) is 0 Å². The van der Waals surface area contributed by atoms with Gasteiger partial charge in [-0.3, -0.25) is 4.79 Å². The van der Waals surface area contributed by atoms with Crippen LogP contribution < -0.4 is 10.6 Å². The number of urea groups is 1. The van der Waals surface area contributed by atoms with Crippen LogP contribution in [-0.4, -0.2) is 30.4 Å². The first-order valence-electron chi connectivity index (χ1n) is 8.04. The number of carbonyl (C=O) groups is 2. The maximum atomic E-state index is 12.1. The lowest BCUT2D eigenvalue weighted by molar-refractivity contribution is -0.130. The van der Waals surface area contributed by atoms with Gasteiger partial charge in [-0.2, -0.15) is 0 Å². The standard InChI is InChI=1S/C19H22ClN3O2/c1-14-8-9-16(12-17(14)20)22-19(25)21-11-10-18(24)23(2)13-15-6-4-3-5-7-15/h3-9,12H,10-11,13H2,1-2H3,(H2,21,22,25). The Balaban J connectivity index is 1.72. The predicted octanol–water partition coefficient (Wildman–Crippen LogP) is 3.82. The summed E-state index contributed by atoms with van der Waals surface area (Å²) >= 11 is 6.02. The Kier molecular flexibility index (Phi) is 6.83. The molecule has 0 bridgehead atoms. The highest BCUT2D eigenvalue weighted by Crippen LogP contribution is 2.19. The zero-order chi connectivity index (χ0) is 18.2. The van der Waals surface area contributed by atoms with E-state index in [4.69, 9.17) is 11.6 Å². The van der Waals surface area contributed by atoms with Crippen LogP contribution in [0.15, 0.2) is 48.5 Å². The van der Waals surface area contributed by atoms with Crippen LogP contribution in [-0.2, 0) is 11.3 Å². The molecule has 0 atom stereocenters. The fourth-order valence-electron chi connectivity index (χ4n) is 2.27. The molecule has 2 aromatic rings. The highest BCUT2D eigenvalue weighted by molar-refractivity contribution is 6.31. The van der Waals surface area contributed by atoms with Gasteiger partial charge in [0.15, 0.2) is 0 Å². The summed E-state index contributed by atoms with van der Waals surface area (Å²) in [5.41, 5.74) is 2.63. The van der Waals surface area contributed by atoms with Crippen molar-refractivity contribution in [3.63, 3.8) is 0 Å². The van der Waals surface area contributed by atoms with Crippen LogP contribution in [0.2, 0.25) is 5.02 Å². The first kappa shape index (κ1) is 18.8. The van der Waals surface area contributed by atoms with Gasteiger partial charge in [0.25, 0.3) is 0 Å². The number of nitrogens with one attached hydrogen (secondary N) is 2. The molecule has 132 valence electrons. The van der Waals surface area contributed by atoms with Gasteiger partial charge in [0.2, 0.25) is 5.91 Å². The van der Waals surface area contributed by atoms with Gasteiger partial charge in [0.1, 0.15) is 0 Å². The molecule has 25 heavy (non-hydrogen) atoms. The molecular formula is C19H22ClN3O2. The van der Waals surface area contributed by atoms with Crippen molar-refractivity contribution < 1.29 is 9.59 Å². The van der Waals surface area contributed by atoms with Crippen LogP contribution in [0.3, 0.4) is 0 Å². The second-order valence-corrected chi connectivity index (χ2v) is 6.24. The minimum absolute atomic E-state index is 0.0254. The van der Waals surface area contributed by atoms with E-state index in [1.807, 2.05) is 43.3 Å². The van der Waals surface area contributed by atoms with Gasteiger partial charge >= 0.3 is 6.03 Å². The van der Waals surface area contributed by atoms with Crippen LogP contribution >= 0.6 is 11.6 Å². The molecule has 0 fully saturated rings.